The fraction of sp³-hybridized carbons (Fsp3) is 0.143. The van der Waals surface area contributed by atoms with Gasteiger partial charge in [-0.15, -0.1) is 0 Å². The number of benzene rings is 2. The number of hydrogen-bond donors (Lipinski definition) is 0. The van der Waals surface area contributed by atoms with E-state index in [1.54, 1.807) is 35.8 Å². The molecule has 0 bridgehead atoms. The Labute approximate surface area is 182 Å². The summed E-state index contributed by atoms with van der Waals surface area (Å²) in [5.41, 5.74) is 0.190. The first-order chi connectivity index (χ1) is 14.5. The molecule has 0 spiro atoms. The molecule has 0 N–H and O–H groups in total. The molecule has 0 aliphatic heterocycles. The van der Waals surface area contributed by atoms with Crippen molar-refractivity contribution in [1.29, 1.82) is 0 Å². The number of aromatic nitrogens is 1. The van der Waals surface area contributed by atoms with Crippen LogP contribution in [0.2, 0.25) is 0 Å². The number of hydrogen-bond acceptors (Lipinski definition) is 6. The van der Waals surface area contributed by atoms with Crippen LogP contribution in [0.3, 0.4) is 0 Å². The average Bonchev–Trinajstić information content (AvgIpc) is 3.03. The maximum atomic E-state index is 12.8. The van der Waals surface area contributed by atoms with Gasteiger partial charge in [0.25, 0.3) is 5.91 Å². The van der Waals surface area contributed by atoms with Gasteiger partial charge in [0.05, 0.1) is 16.8 Å². The van der Waals surface area contributed by atoms with Gasteiger partial charge < -0.3 is 13.7 Å². The van der Waals surface area contributed by atoms with E-state index in [1.807, 2.05) is 18.2 Å². The zero-order valence-corrected chi connectivity index (χ0v) is 18.2. The van der Waals surface area contributed by atoms with Gasteiger partial charge in [-0.1, -0.05) is 45.5 Å². The normalized spacial score (nSPS) is 11.9. The Morgan fingerprint density at radius 2 is 2.00 bits per heavy atom. The van der Waals surface area contributed by atoms with Crippen LogP contribution in [0.25, 0.3) is 21.2 Å². The number of rotatable bonds is 4. The van der Waals surface area contributed by atoms with E-state index >= 15 is 0 Å². The highest BCUT2D eigenvalue weighted by molar-refractivity contribution is 9.10. The highest BCUT2D eigenvalue weighted by atomic mass is 79.9. The van der Waals surface area contributed by atoms with Gasteiger partial charge in [-0.2, -0.15) is 4.99 Å². The molecule has 4 aromatic rings. The SMILES string of the molecule is CCOC(=O)Cn1c(=NC(=O)c2cc3ccccc3oc2=O)sc2cc(Br)ccc21. The van der Waals surface area contributed by atoms with Gasteiger partial charge in [0.15, 0.2) is 4.80 Å². The largest absolute Gasteiger partial charge is 0.465 e. The summed E-state index contributed by atoms with van der Waals surface area (Å²) in [4.78, 5) is 41.6. The Bertz CT molecular complexity index is 1420. The van der Waals surface area contributed by atoms with Gasteiger partial charge in [-0.05, 0) is 37.3 Å². The van der Waals surface area contributed by atoms with Crippen molar-refractivity contribution in [3.8, 4) is 0 Å². The average molecular weight is 487 g/mol. The van der Waals surface area contributed by atoms with E-state index in [0.717, 1.165) is 14.7 Å². The molecule has 0 radical (unpaired) electrons. The third-order valence-corrected chi connectivity index (χ3v) is 5.84. The van der Waals surface area contributed by atoms with E-state index < -0.39 is 17.5 Å². The standard InChI is InChI=1S/C21H15BrN2O5S/c1-2-28-18(25)11-24-15-8-7-13(22)10-17(15)30-21(24)23-19(26)14-9-12-5-3-4-6-16(12)29-20(14)27/h3-10H,2,11H2,1H3. The molecule has 2 aromatic heterocycles. The van der Waals surface area contributed by atoms with Crippen LogP contribution < -0.4 is 10.4 Å². The lowest BCUT2D eigenvalue weighted by atomic mass is 10.2. The van der Waals surface area contributed by atoms with Gasteiger partial charge in [-0.25, -0.2) is 4.79 Å². The summed E-state index contributed by atoms with van der Waals surface area (Å²) < 4.78 is 13.6. The van der Waals surface area contributed by atoms with Crippen molar-refractivity contribution >= 4 is 60.3 Å². The number of carbonyl (C=O) groups excluding carboxylic acids is 2. The smallest absolute Gasteiger partial charge is 0.349 e. The second kappa shape index (κ2) is 8.37. The number of thiazole rings is 1. The van der Waals surface area contributed by atoms with E-state index in [2.05, 4.69) is 20.9 Å². The molecule has 0 fully saturated rings. The highest BCUT2D eigenvalue weighted by Gasteiger charge is 2.16. The summed E-state index contributed by atoms with van der Waals surface area (Å²) in [6, 6.07) is 13.9. The summed E-state index contributed by atoms with van der Waals surface area (Å²) in [7, 11) is 0. The first-order valence-corrected chi connectivity index (χ1v) is 10.6. The fourth-order valence-corrected chi connectivity index (χ4v) is 4.56. The van der Waals surface area contributed by atoms with E-state index in [1.165, 1.54) is 17.4 Å². The van der Waals surface area contributed by atoms with Crippen molar-refractivity contribution in [2.75, 3.05) is 6.61 Å². The molecule has 0 aliphatic carbocycles. The fourth-order valence-electron chi connectivity index (χ4n) is 2.98. The molecule has 9 heteroatoms. The lowest BCUT2D eigenvalue weighted by molar-refractivity contribution is -0.143. The van der Waals surface area contributed by atoms with E-state index in [9.17, 15) is 14.4 Å². The Morgan fingerprint density at radius 3 is 2.80 bits per heavy atom. The minimum Gasteiger partial charge on any atom is -0.465 e. The molecular weight excluding hydrogens is 472 g/mol. The molecule has 0 saturated heterocycles. The first-order valence-electron chi connectivity index (χ1n) is 9.02. The van der Waals surface area contributed by atoms with E-state index in [-0.39, 0.29) is 23.5 Å². The van der Waals surface area contributed by atoms with E-state index in [4.69, 9.17) is 9.15 Å². The lowest BCUT2D eigenvalue weighted by Crippen LogP contribution is -2.24. The van der Waals surface area contributed by atoms with Gasteiger partial charge in [0.1, 0.15) is 17.7 Å². The molecule has 4 rings (SSSR count). The molecule has 7 nitrogen and oxygen atoms in total. The van der Waals surface area contributed by atoms with Crippen LogP contribution in [0.4, 0.5) is 0 Å². The molecular formula is C21H15BrN2O5S. The summed E-state index contributed by atoms with van der Waals surface area (Å²) in [5, 5.41) is 0.621. The number of esters is 1. The van der Waals surface area contributed by atoms with Gasteiger partial charge >= 0.3 is 11.6 Å². The maximum absolute atomic E-state index is 12.8. The molecule has 0 aliphatic rings. The number of ether oxygens (including phenoxy) is 1. The Kier molecular flexibility index (Phi) is 5.65. The lowest BCUT2D eigenvalue weighted by Gasteiger charge is -2.05. The van der Waals surface area contributed by atoms with Crippen LogP contribution in [0.5, 0.6) is 0 Å². The Morgan fingerprint density at radius 1 is 1.20 bits per heavy atom. The predicted molar refractivity (Wildman–Crippen MR) is 117 cm³/mol. The number of para-hydroxylation sites is 1. The maximum Gasteiger partial charge on any atom is 0.349 e. The van der Waals surface area contributed by atoms with Crippen LogP contribution in [0, 0.1) is 0 Å². The highest BCUT2D eigenvalue weighted by Crippen LogP contribution is 2.22. The van der Waals surface area contributed by atoms with E-state index in [0.29, 0.717) is 11.0 Å². The van der Waals surface area contributed by atoms with Crippen LogP contribution in [-0.2, 0) is 16.1 Å². The monoisotopic (exact) mass is 486 g/mol. The summed E-state index contributed by atoms with van der Waals surface area (Å²) in [6.45, 7) is 1.86. The van der Waals surface area contributed by atoms with Gasteiger partial charge in [-0.3, -0.25) is 9.59 Å². The zero-order valence-electron chi connectivity index (χ0n) is 15.8. The summed E-state index contributed by atoms with van der Waals surface area (Å²) in [5.74, 6) is -1.18. The molecule has 0 saturated carbocycles. The molecule has 0 unspecified atom stereocenters. The minimum absolute atomic E-state index is 0.103. The number of carbonyl (C=O) groups is 2. The Hall–Kier alpha value is -3.04. The third-order valence-electron chi connectivity index (χ3n) is 4.31. The van der Waals surface area contributed by atoms with Gasteiger partial charge in [0, 0.05) is 9.86 Å². The zero-order chi connectivity index (χ0) is 21.3. The van der Waals surface area contributed by atoms with Crippen molar-refractivity contribution in [3.63, 3.8) is 0 Å². The molecule has 2 aromatic carbocycles. The van der Waals surface area contributed by atoms with Crippen LogP contribution in [0.1, 0.15) is 17.3 Å². The van der Waals surface area contributed by atoms with Crippen molar-refractivity contribution in [3.05, 3.63) is 73.8 Å². The minimum atomic E-state index is -0.761. The number of halogens is 1. The molecule has 2 heterocycles. The molecule has 0 atom stereocenters. The second-order valence-corrected chi connectivity index (χ2v) is 8.21. The number of fused-ring (bicyclic) bond motifs is 2. The summed E-state index contributed by atoms with van der Waals surface area (Å²) >= 11 is 4.65. The Balaban J connectivity index is 1.85. The molecule has 152 valence electrons. The quantitative estimate of drug-likeness (QED) is 0.322. The first kappa shape index (κ1) is 20.2. The number of amides is 1. The second-order valence-electron chi connectivity index (χ2n) is 6.29. The third kappa shape index (κ3) is 3.99. The van der Waals surface area contributed by atoms with Crippen LogP contribution in [-0.4, -0.2) is 23.1 Å². The predicted octanol–water partition coefficient (Wildman–Crippen LogP) is 3.88. The van der Waals surface area contributed by atoms with Crippen molar-refractivity contribution in [1.82, 2.24) is 4.57 Å². The van der Waals surface area contributed by atoms with Gasteiger partial charge in [0.2, 0.25) is 0 Å². The van der Waals surface area contributed by atoms with Crippen molar-refractivity contribution < 1.29 is 18.7 Å². The van der Waals surface area contributed by atoms with Crippen LogP contribution in [0.15, 0.2) is 67.2 Å². The van der Waals surface area contributed by atoms with Crippen molar-refractivity contribution in [2.24, 2.45) is 4.99 Å². The summed E-state index contributed by atoms with van der Waals surface area (Å²) in [6.07, 6.45) is 0. The number of nitrogens with zero attached hydrogens (tertiary/aromatic N) is 2. The topological polar surface area (TPSA) is 90.9 Å². The van der Waals surface area contributed by atoms with Crippen molar-refractivity contribution in [2.45, 2.75) is 13.5 Å². The van der Waals surface area contributed by atoms with Crippen LogP contribution >= 0.6 is 27.3 Å². The molecule has 1 amide bonds. The molecule has 30 heavy (non-hydrogen) atoms.